The molecule has 0 saturated heterocycles. The van der Waals surface area contributed by atoms with Gasteiger partial charge >= 0.3 is 0 Å². The number of amides is 1. The first kappa shape index (κ1) is 18.3. The average Bonchev–Trinajstić information content (AvgIpc) is 2.57. The first-order chi connectivity index (χ1) is 10.4. The SMILES string of the molecule is C=Cc1ccc(CNC(=O)[C@@H](O)[C@@H](O)[C@H](O)[C@@H](O)CO)cc1. The highest BCUT2D eigenvalue weighted by molar-refractivity contribution is 5.81. The fourth-order valence-corrected chi connectivity index (χ4v) is 1.74. The van der Waals surface area contributed by atoms with Crippen molar-refractivity contribution in [3.8, 4) is 0 Å². The van der Waals surface area contributed by atoms with Gasteiger partial charge in [0.2, 0.25) is 0 Å². The van der Waals surface area contributed by atoms with E-state index < -0.39 is 36.9 Å². The second kappa shape index (κ2) is 8.62. The Bertz CT molecular complexity index is 489. The monoisotopic (exact) mass is 311 g/mol. The van der Waals surface area contributed by atoms with Crippen LogP contribution in [0.4, 0.5) is 0 Å². The quantitative estimate of drug-likeness (QED) is 0.342. The molecule has 122 valence electrons. The molecule has 0 aliphatic heterocycles. The summed E-state index contributed by atoms with van der Waals surface area (Å²) in [6, 6.07) is 7.15. The Morgan fingerprint density at radius 3 is 2.23 bits per heavy atom. The van der Waals surface area contributed by atoms with E-state index in [2.05, 4.69) is 11.9 Å². The number of rotatable bonds is 8. The van der Waals surface area contributed by atoms with Crippen LogP contribution in [0.2, 0.25) is 0 Å². The molecular weight excluding hydrogens is 290 g/mol. The molecule has 0 radical (unpaired) electrons. The molecule has 0 spiro atoms. The van der Waals surface area contributed by atoms with E-state index in [0.717, 1.165) is 11.1 Å². The zero-order chi connectivity index (χ0) is 16.7. The number of hydrogen-bond donors (Lipinski definition) is 6. The van der Waals surface area contributed by atoms with Crippen LogP contribution < -0.4 is 5.32 Å². The molecular formula is C15H21NO6. The lowest BCUT2D eigenvalue weighted by Gasteiger charge is -2.24. The molecule has 1 amide bonds. The summed E-state index contributed by atoms with van der Waals surface area (Å²) in [5.41, 5.74) is 1.70. The van der Waals surface area contributed by atoms with Gasteiger partial charge in [-0.15, -0.1) is 0 Å². The summed E-state index contributed by atoms with van der Waals surface area (Å²) < 4.78 is 0. The number of benzene rings is 1. The van der Waals surface area contributed by atoms with Crippen LogP contribution in [-0.4, -0.2) is 62.5 Å². The minimum absolute atomic E-state index is 0.124. The third-order valence-corrected chi connectivity index (χ3v) is 3.21. The largest absolute Gasteiger partial charge is 0.394 e. The second-order valence-electron chi connectivity index (χ2n) is 4.84. The van der Waals surface area contributed by atoms with Crippen molar-refractivity contribution in [2.75, 3.05) is 6.61 Å². The molecule has 0 unspecified atom stereocenters. The summed E-state index contributed by atoms with van der Waals surface area (Å²) in [5.74, 6) is -0.899. The van der Waals surface area contributed by atoms with Crippen molar-refractivity contribution in [3.05, 3.63) is 42.0 Å². The molecule has 0 aliphatic rings. The van der Waals surface area contributed by atoms with E-state index in [9.17, 15) is 25.2 Å². The smallest absolute Gasteiger partial charge is 0.251 e. The zero-order valence-corrected chi connectivity index (χ0v) is 12.0. The third kappa shape index (κ3) is 4.90. The fourth-order valence-electron chi connectivity index (χ4n) is 1.74. The molecule has 4 atom stereocenters. The van der Waals surface area contributed by atoms with Crippen molar-refractivity contribution in [2.45, 2.75) is 31.0 Å². The van der Waals surface area contributed by atoms with Crippen molar-refractivity contribution in [1.82, 2.24) is 5.32 Å². The van der Waals surface area contributed by atoms with E-state index in [1.807, 2.05) is 0 Å². The van der Waals surface area contributed by atoms with Gasteiger partial charge in [-0.1, -0.05) is 36.9 Å². The standard InChI is InChI=1S/C15H21NO6/c1-2-9-3-5-10(6-4-9)7-16-15(22)14(21)13(20)12(19)11(18)8-17/h2-6,11-14,17-21H,1,7-8H2,(H,16,22)/t11-,12+,13-,14-/m0/s1. The molecule has 7 heteroatoms. The predicted molar refractivity (Wildman–Crippen MR) is 79.5 cm³/mol. The van der Waals surface area contributed by atoms with Crippen molar-refractivity contribution in [2.24, 2.45) is 0 Å². The number of aliphatic hydroxyl groups excluding tert-OH is 5. The van der Waals surface area contributed by atoms with Gasteiger partial charge in [0.1, 0.15) is 18.3 Å². The van der Waals surface area contributed by atoms with Crippen molar-refractivity contribution in [1.29, 1.82) is 0 Å². The third-order valence-electron chi connectivity index (χ3n) is 3.21. The molecule has 0 aromatic heterocycles. The normalized spacial score (nSPS) is 16.4. The lowest BCUT2D eigenvalue weighted by Crippen LogP contribution is -2.51. The predicted octanol–water partition coefficient (Wildman–Crippen LogP) is -1.62. The van der Waals surface area contributed by atoms with Crippen molar-refractivity contribution < 1.29 is 30.3 Å². The molecule has 22 heavy (non-hydrogen) atoms. The first-order valence-corrected chi connectivity index (χ1v) is 6.73. The molecule has 0 aliphatic carbocycles. The summed E-state index contributed by atoms with van der Waals surface area (Å²) in [7, 11) is 0. The summed E-state index contributed by atoms with van der Waals surface area (Å²) >= 11 is 0. The molecule has 0 heterocycles. The Balaban J connectivity index is 2.54. The molecule has 0 saturated carbocycles. The van der Waals surface area contributed by atoms with E-state index in [1.54, 1.807) is 30.3 Å². The summed E-state index contributed by atoms with van der Waals surface area (Å²) in [5, 5.41) is 48.9. The number of aliphatic hydroxyl groups is 5. The molecule has 1 aromatic rings. The Morgan fingerprint density at radius 2 is 1.73 bits per heavy atom. The fraction of sp³-hybridized carbons (Fsp3) is 0.400. The molecule has 1 aromatic carbocycles. The Kier molecular flexibility index (Phi) is 7.16. The topological polar surface area (TPSA) is 130 Å². The van der Waals surface area contributed by atoms with Crippen LogP contribution in [0.5, 0.6) is 0 Å². The minimum atomic E-state index is -1.93. The number of nitrogens with one attached hydrogen (secondary N) is 1. The molecule has 0 fully saturated rings. The summed E-state index contributed by atoms with van der Waals surface area (Å²) in [6.07, 6.45) is -5.65. The zero-order valence-electron chi connectivity index (χ0n) is 12.0. The van der Waals surface area contributed by atoms with E-state index >= 15 is 0 Å². The lowest BCUT2D eigenvalue weighted by atomic mass is 10.0. The van der Waals surface area contributed by atoms with Gasteiger partial charge in [-0.3, -0.25) is 4.79 Å². The summed E-state index contributed by atoms with van der Waals surface area (Å²) in [6.45, 7) is 2.94. The van der Waals surface area contributed by atoms with Crippen LogP contribution in [0.15, 0.2) is 30.8 Å². The Hall–Kier alpha value is -1.77. The van der Waals surface area contributed by atoms with Gasteiger partial charge in [-0.05, 0) is 11.1 Å². The molecule has 1 rings (SSSR count). The van der Waals surface area contributed by atoms with Gasteiger partial charge in [0.05, 0.1) is 6.61 Å². The van der Waals surface area contributed by atoms with Crippen LogP contribution in [0.25, 0.3) is 6.08 Å². The van der Waals surface area contributed by atoms with Crippen LogP contribution in [0.3, 0.4) is 0 Å². The van der Waals surface area contributed by atoms with E-state index in [-0.39, 0.29) is 6.54 Å². The van der Waals surface area contributed by atoms with Crippen molar-refractivity contribution >= 4 is 12.0 Å². The van der Waals surface area contributed by atoms with Gasteiger partial charge in [-0.25, -0.2) is 0 Å². The van der Waals surface area contributed by atoms with Crippen LogP contribution in [0, 0.1) is 0 Å². The lowest BCUT2D eigenvalue weighted by molar-refractivity contribution is -0.149. The maximum atomic E-state index is 11.7. The van der Waals surface area contributed by atoms with Crippen LogP contribution in [-0.2, 0) is 11.3 Å². The highest BCUT2D eigenvalue weighted by Crippen LogP contribution is 2.07. The van der Waals surface area contributed by atoms with Crippen LogP contribution >= 0.6 is 0 Å². The van der Waals surface area contributed by atoms with E-state index in [4.69, 9.17) is 5.11 Å². The van der Waals surface area contributed by atoms with Gasteiger partial charge in [0.25, 0.3) is 5.91 Å². The van der Waals surface area contributed by atoms with Crippen molar-refractivity contribution in [3.63, 3.8) is 0 Å². The second-order valence-corrected chi connectivity index (χ2v) is 4.84. The number of carbonyl (C=O) groups excluding carboxylic acids is 1. The number of carbonyl (C=O) groups is 1. The highest BCUT2D eigenvalue weighted by Gasteiger charge is 2.33. The maximum Gasteiger partial charge on any atom is 0.251 e. The minimum Gasteiger partial charge on any atom is -0.394 e. The van der Waals surface area contributed by atoms with Gasteiger partial charge < -0.3 is 30.8 Å². The summed E-state index contributed by atoms with van der Waals surface area (Å²) in [4.78, 5) is 11.7. The van der Waals surface area contributed by atoms with Gasteiger partial charge in [0.15, 0.2) is 6.10 Å². The Morgan fingerprint density at radius 1 is 1.14 bits per heavy atom. The van der Waals surface area contributed by atoms with Crippen LogP contribution in [0.1, 0.15) is 11.1 Å². The van der Waals surface area contributed by atoms with Gasteiger partial charge in [-0.2, -0.15) is 0 Å². The Labute approximate surface area is 128 Å². The maximum absolute atomic E-state index is 11.7. The highest BCUT2D eigenvalue weighted by atomic mass is 16.4. The molecule has 7 nitrogen and oxygen atoms in total. The molecule has 6 N–H and O–H groups in total. The van der Waals surface area contributed by atoms with E-state index in [1.165, 1.54) is 0 Å². The first-order valence-electron chi connectivity index (χ1n) is 6.73. The average molecular weight is 311 g/mol. The van der Waals surface area contributed by atoms with E-state index in [0.29, 0.717) is 0 Å². The number of hydrogen-bond acceptors (Lipinski definition) is 6. The van der Waals surface area contributed by atoms with Gasteiger partial charge in [0, 0.05) is 6.54 Å². The molecule has 0 bridgehead atoms.